The molecule has 0 aliphatic carbocycles. The summed E-state index contributed by atoms with van der Waals surface area (Å²) >= 11 is 7.02. The molecule has 96 valence electrons. The number of nitrogens with zero attached hydrogens (tertiary/aromatic N) is 3. The van der Waals surface area contributed by atoms with Crippen LogP contribution in [0.2, 0.25) is 5.15 Å². The molecule has 0 spiro atoms. The van der Waals surface area contributed by atoms with E-state index in [1.165, 1.54) is 29.8 Å². The summed E-state index contributed by atoms with van der Waals surface area (Å²) in [5.74, 6) is 1.13. The van der Waals surface area contributed by atoms with Gasteiger partial charge in [0.25, 0.3) is 0 Å². The van der Waals surface area contributed by atoms with Crippen LogP contribution in [0.1, 0.15) is 13.3 Å². The second-order valence-electron chi connectivity index (χ2n) is 4.06. The van der Waals surface area contributed by atoms with Crippen molar-refractivity contribution in [1.29, 1.82) is 0 Å². The first-order valence-corrected chi connectivity index (χ1v) is 6.85. The fraction of sp³-hybridized carbons (Fsp3) is 0.455. The molecular formula is C11H12ClN3O2S. The zero-order valence-corrected chi connectivity index (χ0v) is 11.4. The molecule has 1 aromatic rings. The minimum atomic E-state index is -0.0218. The normalized spacial score (nSPS) is 19.3. The second kappa shape index (κ2) is 5.67. The van der Waals surface area contributed by atoms with Crippen LogP contribution in [0.4, 0.5) is 5.95 Å². The number of aromatic nitrogens is 2. The minimum absolute atomic E-state index is 0.0218. The highest BCUT2D eigenvalue weighted by Crippen LogP contribution is 2.25. The van der Waals surface area contributed by atoms with Crippen LogP contribution in [0.5, 0.6) is 0 Å². The molecule has 0 bridgehead atoms. The van der Waals surface area contributed by atoms with Crippen LogP contribution in [-0.2, 0) is 9.59 Å². The van der Waals surface area contributed by atoms with Gasteiger partial charge in [-0.1, -0.05) is 23.4 Å². The third-order valence-corrected chi connectivity index (χ3v) is 3.83. The molecule has 1 aromatic heterocycles. The van der Waals surface area contributed by atoms with Gasteiger partial charge >= 0.3 is 0 Å². The van der Waals surface area contributed by atoms with Crippen LogP contribution in [-0.4, -0.2) is 33.3 Å². The Morgan fingerprint density at radius 2 is 2.44 bits per heavy atom. The lowest BCUT2D eigenvalue weighted by Crippen LogP contribution is -2.26. The van der Waals surface area contributed by atoms with E-state index in [1.54, 1.807) is 6.07 Å². The van der Waals surface area contributed by atoms with Gasteiger partial charge in [-0.3, -0.25) is 14.5 Å². The molecular weight excluding hydrogens is 274 g/mol. The van der Waals surface area contributed by atoms with E-state index >= 15 is 0 Å². The number of carbonyl (C=O) groups excluding carboxylic acids is 2. The van der Waals surface area contributed by atoms with Gasteiger partial charge in [0.2, 0.25) is 11.9 Å². The lowest BCUT2D eigenvalue weighted by atomic mass is 10.1. The summed E-state index contributed by atoms with van der Waals surface area (Å²) in [4.78, 5) is 32.3. The van der Waals surface area contributed by atoms with E-state index in [4.69, 9.17) is 11.6 Å². The van der Waals surface area contributed by atoms with Gasteiger partial charge < -0.3 is 0 Å². The van der Waals surface area contributed by atoms with E-state index in [-0.39, 0.29) is 16.9 Å². The van der Waals surface area contributed by atoms with Crippen molar-refractivity contribution in [1.82, 2.24) is 9.97 Å². The summed E-state index contributed by atoms with van der Waals surface area (Å²) in [7, 11) is 0. The molecule has 0 aromatic carbocycles. The first-order chi connectivity index (χ1) is 8.56. The molecule has 1 saturated heterocycles. The molecule has 7 heteroatoms. The summed E-state index contributed by atoms with van der Waals surface area (Å²) in [6.07, 6.45) is 1.95. The molecule has 2 heterocycles. The Bertz CT molecular complexity index is 483. The SMILES string of the molecule is CC(=O)SCC1CC(=O)N(c2nccc(Cl)n2)C1. The third kappa shape index (κ3) is 3.20. The highest BCUT2D eigenvalue weighted by molar-refractivity contribution is 8.13. The first kappa shape index (κ1) is 13.3. The summed E-state index contributed by atoms with van der Waals surface area (Å²) in [5, 5.41) is 0.384. The van der Waals surface area contributed by atoms with Crippen LogP contribution in [0.15, 0.2) is 12.3 Å². The van der Waals surface area contributed by atoms with Gasteiger partial charge in [0.1, 0.15) is 5.15 Å². The zero-order valence-electron chi connectivity index (χ0n) is 9.80. The van der Waals surface area contributed by atoms with Crippen molar-refractivity contribution in [2.24, 2.45) is 5.92 Å². The number of anilines is 1. The molecule has 0 saturated carbocycles. The minimum Gasteiger partial charge on any atom is -0.288 e. The fourth-order valence-corrected chi connectivity index (χ4v) is 2.60. The van der Waals surface area contributed by atoms with Gasteiger partial charge in [-0.05, 0) is 12.0 Å². The van der Waals surface area contributed by atoms with Crippen molar-refractivity contribution in [3.05, 3.63) is 17.4 Å². The number of hydrogen-bond acceptors (Lipinski definition) is 5. The van der Waals surface area contributed by atoms with Crippen molar-refractivity contribution in [2.75, 3.05) is 17.2 Å². The van der Waals surface area contributed by atoms with E-state index < -0.39 is 0 Å². The molecule has 2 rings (SSSR count). The second-order valence-corrected chi connectivity index (χ2v) is 5.64. The predicted molar refractivity (Wildman–Crippen MR) is 70.6 cm³/mol. The van der Waals surface area contributed by atoms with E-state index in [0.29, 0.717) is 29.8 Å². The first-order valence-electron chi connectivity index (χ1n) is 5.48. The number of carbonyl (C=O) groups is 2. The Morgan fingerprint density at radius 3 is 3.11 bits per heavy atom. The van der Waals surface area contributed by atoms with Crippen LogP contribution in [0.25, 0.3) is 0 Å². The monoisotopic (exact) mass is 285 g/mol. The van der Waals surface area contributed by atoms with Gasteiger partial charge in [0, 0.05) is 31.8 Å². The van der Waals surface area contributed by atoms with Crippen LogP contribution < -0.4 is 4.90 Å². The molecule has 0 radical (unpaired) electrons. The molecule has 1 atom stereocenters. The molecule has 1 aliphatic rings. The predicted octanol–water partition coefficient (Wildman–Crippen LogP) is 1.76. The number of rotatable bonds is 3. The largest absolute Gasteiger partial charge is 0.288 e. The number of amides is 1. The standard InChI is InChI=1S/C11H12ClN3O2S/c1-7(16)18-6-8-4-10(17)15(5-8)11-13-3-2-9(12)14-11/h2-3,8H,4-6H2,1H3. The summed E-state index contributed by atoms with van der Waals surface area (Å²) in [6, 6.07) is 1.56. The van der Waals surface area contributed by atoms with Crippen LogP contribution in [0.3, 0.4) is 0 Å². The van der Waals surface area contributed by atoms with E-state index in [9.17, 15) is 9.59 Å². The molecule has 1 amide bonds. The summed E-state index contributed by atoms with van der Waals surface area (Å²) in [5.41, 5.74) is 0. The Hall–Kier alpha value is -1.14. The van der Waals surface area contributed by atoms with Crippen LogP contribution in [0, 0.1) is 5.92 Å². The van der Waals surface area contributed by atoms with Gasteiger partial charge in [0.15, 0.2) is 5.12 Å². The quantitative estimate of drug-likeness (QED) is 0.792. The molecule has 18 heavy (non-hydrogen) atoms. The zero-order chi connectivity index (χ0) is 13.1. The molecule has 5 nitrogen and oxygen atoms in total. The fourth-order valence-electron chi connectivity index (χ4n) is 1.78. The third-order valence-electron chi connectivity index (χ3n) is 2.58. The highest BCUT2D eigenvalue weighted by Gasteiger charge is 2.32. The maximum absolute atomic E-state index is 11.8. The van der Waals surface area contributed by atoms with Crippen molar-refractivity contribution in [2.45, 2.75) is 13.3 Å². The molecule has 1 unspecified atom stereocenters. The maximum atomic E-state index is 11.8. The lowest BCUT2D eigenvalue weighted by Gasteiger charge is -2.13. The molecule has 1 fully saturated rings. The van der Waals surface area contributed by atoms with Gasteiger partial charge in [-0.15, -0.1) is 0 Å². The van der Waals surface area contributed by atoms with Crippen molar-refractivity contribution in [3.63, 3.8) is 0 Å². The highest BCUT2D eigenvalue weighted by atomic mass is 35.5. The maximum Gasteiger partial charge on any atom is 0.233 e. The molecule has 1 aliphatic heterocycles. The Morgan fingerprint density at radius 1 is 1.67 bits per heavy atom. The van der Waals surface area contributed by atoms with Crippen molar-refractivity contribution < 1.29 is 9.59 Å². The van der Waals surface area contributed by atoms with Crippen molar-refractivity contribution in [3.8, 4) is 0 Å². The average molecular weight is 286 g/mol. The Kier molecular flexibility index (Phi) is 4.19. The Balaban J connectivity index is 2.03. The number of thioether (sulfide) groups is 1. The summed E-state index contributed by atoms with van der Waals surface area (Å²) in [6.45, 7) is 2.07. The van der Waals surface area contributed by atoms with Crippen LogP contribution >= 0.6 is 23.4 Å². The topological polar surface area (TPSA) is 63.2 Å². The lowest BCUT2D eigenvalue weighted by molar-refractivity contribution is -0.117. The smallest absolute Gasteiger partial charge is 0.233 e. The molecule has 0 N–H and O–H groups in total. The number of halogens is 1. The van der Waals surface area contributed by atoms with Crippen molar-refractivity contribution >= 4 is 40.3 Å². The van der Waals surface area contributed by atoms with Gasteiger partial charge in [-0.2, -0.15) is 0 Å². The van der Waals surface area contributed by atoms with E-state index in [1.807, 2.05) is 0 Å². The van der Waals surface area contributed by atoms with E-state index in [0.717, 1.165) is 0 Å². The van der Waals surface area contributed by atoms with Gasteiger partial charge in [0.05, 0.1) is 0 Å². The summed E-state index contributed by atoms with van der Waals surface area (Å²) < 4.78 is 0. The van der Waals surface area contributed by atoms with E-state index in [2.05, 4.69) is 9.97 Å². The average Bonchev–Trinajstić information content (AvgIpc) is 2.68. The Labute approximate surface area is 114 Å². The van der Waals surface area contributed by atoms with Gasteiger partial charge in [-0.25, -0.2) is 9.97 Å². The number of hydrogen-bond donors (Lipinski definition) is 0.